The summed E-state index contributed by atoms with van der Waals surface area (Å²) in [7, 11) is 1.80. The molecule has 1 unspecified atom stereocenters. The second kappa shape index (κ2) is 5.08. The summed E-state index contributed by atoms with van der Waals surface area (Å²) in [5, 5.41) is 12.8. The second-order valence-electron chi connectivity index (χ2n) is 5.07. The van der Waals surface area contributed by atoms with Crippen molar-refractivity contribution >= 4 is 11.6 Å². The largest absolute Gasteiger partial charge is 0.394 e. The summed E-state index contributed by atoms with van der Waals surface area (Å²) in [6.07, 6.45) is 0.458. The van der Waals surface area contributed by atoms with Crippen molar-refractivity contribution in [2.45, 2.75) is 32.4 Å². The number of nitrogens with zero attached hydrogens (tertiary/aromatic N) is 1. The molecule has 0 fully saturated rings. The maximum absolute atomic E-state index is 11.6. The summed E-state index contributed by atoms with van der Waals surface area (Å²) in [5.41, 5.74) is 3.06. The molecule has 0 bridgehead atoms. The van der Waals surface area contributed by atoms with E-state index in [0.29, 0.717) is 12.5 Å². The predicted octanol–water partition coefficient (Wildman–Crippen LogP) is 1.24. The van der Waals surface area contributed by atoms with Crippen LogP contribution in [0.15, 0.2) is 18.2 Å². The number of nitrogens with one attached hydrogen (secondary N) is 1. The van der Waals surface area contributed by atoms with Crippen LogP contribution in [0.2, 0.25) is 0 Å². The van der Waals surface area contributed by atoms with Crippen molar-refractivity contribution in [1.29, 1.82) is 0 Å². The number of amides is 1. The average Bonchev–Trinajstić information content (AvgIpc) is 2.61. The minimum atomic E-state index is -0.0729. The van der Waals surface area contributed by atoms with Crippen LogP contribution in [0, 0.1) is 0 Å². The lowest BCUT2D eigenvalue weighted by Gasteiger charge is -2.20. The third-order valence-electron chi connectivity index (χ3n) is 3.30. The van der Waals surface area contributed by atoms with Gasteiger partial charge in [0.1, 0.15) is 0 Å². The van der Waals surface area contributed by atoms with Crippen molar-refractivity contribution < 1.29 is 9.90 Å². The molecule has 1 amide bonds. The van der Waals surface area contributed by atoms with E-state index in [4.69, 9.17) is 0 Å². The number of benzene rings is 1. The molecule has 1 aromatic rings. The van der Waals surface area contributed by atoms with Gasteiger partial charge in [0.05, 0.1) is 19.1 Å². The van der Waals surface area contributed by atoms with E-state index in [1.165, 1.54) is 0 Å². The molecule has 98 valence electrons. The zero-order valence-corrected chi connectivity index (χ0v) is 11.1. The molecule has 0 spiro atoms. The number of carbonyl (C=O) groups is 1. The summed E-state index contributed by atoms with van der Waals surface area (Å²) >= 11 is 0. The highest BCUT2D eigenvalue weighted by Gasteiger charge is 2.25. The van der Waals surface area contributed by atoms with Crippen molar-refractivity contribution in [2.75, 3.05) is 18.6 Å². The van der Waals surface area contributed by atoms with E-state index in [0.717, 1.165) is 16.8 Å². The standard InChI is InChI=1S/C14H20N2O2/c1-9(2)15-12(8-17)10-4-5-13-11(6-10)7-14(18)16(13)3/h4-6,9,12,15,17H,7-8H2,1-3H3. The highest BCUT2D eigenvalue weighted by Crippen LogP contribution is 2.30. The Balaban J connectivity index is 2.26. The molecule has 2 N–H and O–H groups in total. The number of anilines is 1. The lowest BCUT2D eigenvalue weighted by atomic mass is 10.0. The van der Waals surface area contributed by atoms with Crippen molar-refractivity contribution in [3.05, 3.63) is 29.3 Å². The Kier molecular flexibility index (Phi) is 3.68. The zero-order valence-electron chi connectivity index (χ0n) is 11.1. The van der Waals surface area contributed by atoms with Crippen LogP contribution in [0.3, 0.4) is 0 Å². The van der Waals surface area contributed by atoms with Gasteiger partial charge >= 0.3 is 0 Å². The van der Waals surface area contributed by atoms with E-state index in [-0.39, 0.29) is 18.6 Å². The molecule has 1 atom stereocenters. The van der Waals surface area contributed by atoms with Gasteiger partial charge in [0, 0.05) is 18.8 Å². The molecule has 1 heterocycles. The molecule has 0 saturated heterocycles. The third-order valence-corrected chi connectivity index (χ3v) is 3.30. The number of aliphatic hydroxyl groups excluding tert-OH is 1. The topological polar surface area (TPSA) is 52.6 Å². The molecule has 4 nitrogen and oxygen atoms in total. The van der Waals surface area contributed by atoms with E-state index in [1.807, 2.05) is 32.0 Å². The van der Waals surface area contributed by atoms with Crippen LogP contribution in [-0.4, -0.2) is 30.7 Å². The van der Waals surface area contributed by atoms with Gasteiger partial charge in [-0.15, -0.1) is 0 Å². The molecule has 4 heteroatoms. The Morgan fingerprint density at radius 3 is 2.78 bits per heavy atom. The van der Waals surface area contributed by atoms with Gasteiger partial charge < -0.3 is 15.3 Å². The van der Waals surface area contributed by atoms with E-state index >= 15 is 0 Å². The first-order valence-corrected chi connectivity index (χ1v) is 6.29. The zero-order chi connectivity index (χ0) is 13.3. The fraction of sp³-hybridized carbons (Fsp3) is 0.500. The number of carbonyl (C=O) groups excluding carboxylic acids is 1. The fourth-order valence-corrected chi connectivity index (χ4v) is 2.36. The number of fused-ring (bicyclic) bond motifs is 1. The van der Waals surface area contributed by atoms with Crippen LogP contribution in [0.25, 0.3) is 0 Å². The summed E-state index contributed by atoms with van der Waals surface area (Å²) in [6.45, 7) is 4.15. The highest BCUT2D eigenvalue weighted by atomic mass is 16.3. The summed E-state index contributed by atoms with van der Waals surface area (Å²) in [6, 6.07) is 6.19. The van der Waals surface area contributed by atoms with Crippen LogP contribution >= 0.6 is 0 Å². The van der Waals surface area contributed by atoms with Gasteiger partial charge in [0.15, 0.2) is 0 Å². The van der Waals surface area contributed by atoms with Crippen molar-refractivity contribution in [3.63, 3.8) is 0 Å². The summed E-state index contributed by atoms with van der Waals surface area (Å²) in [4.78, 5) is 13.3. The van der Waals surface area contributed by atoms with E-state index < -0.39 is 0 Å². The van der Waals surface area contributed by atoms with Crippen LogP contribution in [0.5, 0.6) is 0 Å². The second-order valence-corrected chi connectivity index (χ2v) is 5.07. The molecule has 0 aliphatic carbocycles. The van der Waals surface area contributed by atoms with Crippen LogP contribution in [0.1, 0.15) is 31.0 Å². The Morgan fingerprint density at radius 1 is 1.44 bits per heavy atom. The average molecular weight is 248 g/mol. The Labute approximate surface area is 108 Å². The molecule has 2 rings (SSSR count). The number of rotatable bonds is 4. The molecule has 18 heavy (non-hydrogen) atoms. The van der Waals surface area contributed by atoms with Gasteiger partial charge in [-0.3, -0.25) is 4.79 Å². The van der Waals surface area contributed by atoms with Crippen LogP contribution < -0.4 is 10.2 Å². The molecular weight excluding hydrogens is 228 g/mol. The monoisotopic (exact) mass is 248 g/mol. The minimum Gasteiger partial charge on any atom is -0.394 e. The molecular formula is C14H20N2O2. The van der Waals surface area contributed by atoms with E-state index in [9.17, 15) is 9.90 Å². The molecule has 0 radical (unpaired) electrons. The quantitative estimate of drug-likeness (QED) is 0.843. The van der Waals surface area contributed by atoms with Gasteiger partial charge in [-0.2, -0.15) is 0 Å². The van der Waals surface area contributed by atoms with E-state index in [1.54, 1.807) is 11.9 Å². The number of aliphatic hydroxyl groups is 1. The van der Waals surface area contributed by atoms with Crippen LogP contribution in [0.4, 0.5) is 5.69 Å². The van der Waals surface area contributed by atoms with Crippen molar-refractivity contribution in [3.8, 4) is 0 Å². The van der Waals surface area contributed by atoms with Crippen molar-refractivity contribution in [1.82, 2.24) is 5.32 Å². The SMILES string of the molecule is CC(C)NC(CO)c1ccc2c(c1)CC(=O)N2C. The Bertz CT molecular complexity index is 457. The molecule has 1 aliphatic rings. The number of likely N-dealkylation sites (N-methyl/N-ethyl adjacent to an activating group) is 1. The summed E-state index contributed by atoms with van der Waals surface area (Å²) < 4.78 is 0. The van der Waals surface area contributed by atoms with Gasteiger partial charge in [-0.05, 0) is 17.2 Å². The maximum Gasteiger partial charge on any atom is 0.231 e. The lowest BCUT2D eigenvalue weighted by Crippen LogP contribution is -2.30. The fourth-order valence-electron chi connectivity index (χ4n) is 2.36. The van der Waals surface area contributed by atoms with Gasteiger partial charge in [-0.25, -0.2) is 0 Å². The van der Waals surface area contributed by atoms with E-state index in [2.05, 4.69) is 5.32 Å². The Morgan fingerprint density at radius 2 is 2.17 bits per heavy atom. The Hall–Kier alpha value is -1.39. The number of hydrogen-bond acceptors (Lipinski definition) is 3. The van der Waals surface area contributed by atoms with Gasteiger partial charge in [0.2, 0.25) is 5.91 Å². The first-order chi connectivity index (χ1) is 8.52. The molecule has 0 saturated carbocycles. The van der Waals surface area contributed by atoms with Gasteiger partial charge in [-0.1, -0.05) is 26.0 Å². The first kappa shape index (κ1) is 13.1. The lowest BCUT2D eigenvalue weighted by molar-refractivity contribution is -0.117. The first-order valence-electron chi connectivity index (χ1n) is 6.29. The minimum absolute atomic E-state index is 0.0563. The predicted molar refractivity (Wildman–Crippen MR) is 71.7 cm³/mol. The van der Waals surface area contributed by atoms with Crippen molar-refractivity contribution in [2.24, 2.45) is 0 Å². The smallest absolute Gasteiger partial charge is 0.231 e. The number of hydrogen-bond donors (Lipinski definition) is 2. The molecule has 1 aromatic carbocycles. The summed E-state index contributed by atoms with van der Waals surface area (Å²) in [5.74, 6) is 0.125. The normalized spacial score (nSPS) is 16.3. The van der Waals surface area contributed by atoms with Gasteiger partial charge in [0.25, 0.3) is 0 Å². The van der Waals surface area contributed by atoms with Crippen LogP contribution in [-0.2, 0) is 11.2 Å². The molecule has 1 aliphatic heterocycles. The highest BCUT2D eigenvalue weighted by molar-refractivity contribution is 6.00. The maximum atomic E-state index is 11.6. The molecule has 0 aromatic heterocycles. The third kappa shape index (κ3) is 2.40.